The summed E-state index contributed by atoms with van der Waals surface area (Å²) < 4.78 is 169. The number of nitrogens with zero attached hydrogens (tertiary/aromatic N) is 5. The molecular weight excluding hydrogens is 1730 g/mol. The first-order chi connectivity index (χ1) is 45.2. The number of rotatable bonds is 14. The monoisotopic (exact) mass is 1780 g/mol. The van der Waals surface area contributed by atoms with E-state index in [1.54, 1.807) is 30.3 Å². The molecule has 0 spiro atoms. The maximum atomic E-state index is 13.8. The number of hydrogen-bond donors (Lipinski definition) is 4. The molecule has 3 aromatic carbocycles. The van der Waals surface area contributed by atoms with E-state index in [1.807, 2.05) is 0 Å². The van der Waals surface area contributed by atoms with Gasteiger partial charge < -0.3 is 57.1 Å². The minimum atomic E-state index is -4.85. The zero-order valence-electron chi connectivity index (χ0n) is 54.5. The molecule has 0 aliphatic carbocycles. The van der Waals surface area contributed by atoms with Crippen molar-refractivity contribution in [1.29, 1.82) is 0 Å². The van der Waals surface area contributed by atoms with Gasteiger partial charge in [-0.3, -0.25) is 24.2 Å². The van der Waals surface area contributed by atoms with E-state index in [4.69, 9.17) is 60.4 Å². The van der Waals surface area contributed by atoms with Crippen molar-refractivity contribution in [1.82, 2.24) is 20.4 Å². The average molecular weight is 1780 g/mol. The molecule has 4 heterocycles. The summed E-state index contributed by atoms with van der Waals surface area (Å²) in [5, 5.41) is 29.4. The van der Waals surface area contributed by atoms with E-state index in [9.17, 15) is 71.9 Å². The van der Waals surface area contributed by atoms with Crippen molar-refractivity contribution in [3.63, 3.8) is 0 Å². The second-order valence-electron chi connectivity index (χ2n) is 17.2. The van der Waals surface area contributed by atoms with Crippen molar-refractivity contribution in [2.75, 3.05) is 39.9 Å². The minimum absolute atomic E-state index is 0. The molecule has 0 fully saturated rings. The van der Waals surface area contributed by atoms with Crippen LogP contribution in [0.5, 0.6) is 17.6 Å². The molecule has 45 heteroatoms. The first kappa shape index (κ1) is 106. The Hall–Kier alpha value is -4.85. The summed E-state index contributed by atoms with van der Waals surface area (Å²) >= 11 is 12.6. The molecule has 541 valence electrons. The number of pyridine rings is 3. The summed E-state index contributed by atoms with van der Waals surface area (Å²) in [5.41, 5.74) is 10.8. The molecule has 3 aromatic heterocycles. The fourth-order valence-corrected chi connectivity index (χ4v) is 7.66. The first-order valence-electron chi connectivity index (χ1n) is 25.4. The molecule has 1 atom stereocenters. The summed E-state index contributed by atoms with van der Waals surface area (Å²) in [7, 11) is 4.37. The van der Waals surface area contributed by atoms with Crippen molar-refractivity contribution in [3.05, 3.63) is 179 Å². The number of alkyl halides is 10. The molecule has 7 rings (SSSR count). The summed E-state index contributed by atoms with van der Waals surface area (Å²) in [6, 6.07) is 15.8. The number of carbonyl (C=O) groups excluding carboxylic acids is 6. The van der Waals surface area contributed by atoms with Gasteiger partial charge in [0.05, 0.1) is 68.2 Å². The van der Waals surface area contributed by atoms with Crippen LogP contribution >= 0.6 is 63.7 Å². The molecule has 1 aliphatic rings. The molecule has 3 radical (unpaired) electrons. The molecule has 0 amide bonds. The van der Waals surface area contributed by atoms with Crippen LogP contribution in [0.1, 0.15) is 95.7 Å². The summed E-state index contributed by atoms with van der Waals surface area (Å²) in [4.78, 5) is 97.1. The van der Waals surface area contributed by atoms with Crippen molar-refractivity contribution < 1.29 is 269 Å². The number of carboxylic acids is 1. The van der Waals surface area contributed by atoms with Crippen LogP contribution in [0.15, 0.2) is 121 Å². The number of benzene rings is 3. The van der Waals surface area contributed by atoms with Gasteiger partial charge in [-0.1, -0.05) is 46.7 Å². The van der Waals surface area contributed by atoms with Crippen LogP contribution in [-0.2, 0) is 62.0 Å². The number of methoxy groups -OCH3 is 3. The number of aliphatic hydroxyl groups excluding tert-OH is 1. The van der Waals surface area contributed by atoms with Crippen LogP contribution in [0.4, 0.5) is 52.7 Å². The number of ether oxygens (including phenoxy) is 3. The number of hydrogen-bond acceptors (Lipinski definition) is 24. The molecule has 0 saturated heterocycles. The maximum absolute atomic E-state index is 13.8. The van der Waals surface area contributed by atoms with Gasteiger partial charge in [0.1, 0.15) is 47.8 Å². The van der Waals surface area contributed by atoms with Crippen LogP contribution in [0.25, 0.3) is 5.70 Å². The second-order valence-corrected chi connectivity index (χ2v) is 20.4. The minimum Gasteiger partial charge on any atom is -1.00 e. The van der Waals surface area contributed by atoms with Crippen molar-refractivity contribution in [3.8, 4) is 17.6 Å². The molecule has 6 aromatic rings. The van der Waals surface area contributed by atoms with E-state index < -0.39 is 94.8 Å². The molecule has 25 nitrogen and oxygen atoms in total. The zero-order chi connectivity index (χ0) is 74.1. The number of nitrogens with two attached hydrogens (primary N) is 2. The van der Waals surface area contributed by atoms with Gasteiger partial charge in [0.15, 0.2) is 24.1 Å². The predicted molar refractivity (Wildman–Crippen MR) is 337 cm³/mol. The fourth-order valence-electron chi connectivity index (χ4n) is 6.19. The number of Topliss-reactive ketones (excluding diaryl/α,β-unsaturated/α-hetero) is 2. The van der Waals surface area contributed by atoms with Crippen molar-refractivity contribution >= 4 is 125 Å². The second kappa shape index (κ2) is 53.0. The van der Waals surface area contributed by atoms with Crippen LogP contribution in [0, 0.1) is 17.5 Å². The number of oxime groups is 1. The molecule has 1 unspecified atom stereocenters. The van der Waals surface area contributed by atoms with E-state index in [-0.39, 0.29) is 214 Å². The largest absolute Gasteiger partial charge is 1.00 e. The molecule has 0 saturated carbocycles. The van der Waals surface area contributed by atoms with Gasteiger partial charge in [-0.25, -0.2) is 53.0 Å². The maximum Gasteiger partial charge on any atom is 1.00 e. The predicted octanol–water partition coefficient (Wildman–Crippen LogP) is 1.25. The number of aliphatic hydroxyl groups is 1. The Labute approximate surface area is 716 Å². The van der Waals surface area contributed by atoms with E-state index >= 15 is 0 Å². The van der Waals surface area contributed by atoms with Crippen LogP contribution in [-0.4, -0.2) is 116 Å². The van der Waals surface area contributed by atoms with Gasteiger partial charge >= 0.3 is 163 Å². The topological polar surface area (TPSA) is 370 Å². The molecule has 1 aliphatic heterocycles. The molecule has 0 bridgehead atoms. The normalized spacial score (nSPS) is 11.8. The number of halogens is 16. The molecule has 102 heavy (non-hydrogen) atoms. The number of hydroxylamine groups is 1. The Morgan fingerprint density at radius 3 is 1.43 bits per heavy atom. The summed E-state index contributed by atoms with van der Waals surface area (Å²) in [6.07, 6.45) is -13.5. The van der Waals surface area contributed by atoms with Crippen LogP contribution in [0.3, 0.4) is 0 Å². The summed E-state index contributed by atoms with van der Waals surface area (Å²) in [5.74, 6) is -6.84. The number of carboxylic acid groups (broad SMARTS) is 1. The van der Waals surface area contributed by atoms with Crippen LogP contribution in [0.2, 0.25) is 0 Å². The van der Waals surface area contributed by atoms with Gasteiger partial charge in [-0.05, 0) is 133 Å². The Bertz CT molecular complexity index is 3780. The number of aromatic nitrogens is 3. The third-order valence-corrected chi connectivity index (χ3v) is 12.6. The number of carbonyl (C=O) groups is 6. The van der Waals surface area contributed by atoms with Crippen molar-refractivity contribution in [2.24, 2.45) is 21.6 Å². The molecular formula is C57H53BBr4F12K2N8NaO17. The summed E-state index contributed by atoms with van der Waals surface area (Å²) in [6.45, 7) is 2.45. The first-order valence-corrected chi connectivity index (χ1v) is 28.9. The van der Waals surface area contributed by atoms with E-state index in [0.717, 1.165) is 49.7 Å². The standard InChI is InChI=1S/C16H12BrF4N3O3.C16H12BrF4N3O2.C9H5BrF4O.C8H9BrN2O2.C4H6O4.C2H4O2.CH2O3.CH4.B.2K.Na.H/c1-26-15-10(17)4-5-12(23-15)14(22)24-27-7-13(25)8-2-3-9(11(18)6-8)16(19,20)21;1-25-15-10(17)4-5-12(23-15)14-22-13(7-26-24-14)8-2-3-9(11(18)6-8)16(19,20)21;10-4-8(15)5-1-2-6(7(11)3-5)9(12,13)14;1-13-8-5(9)2-3-7(11-8)6(10)4-12;1-3(5)7-8-4(2)6;1-2(3)4;2-1-4-3;;;;;;/h2-6H,7H2,1H3,(H2,22,24);2-6,13H,7H2,1H3,(H,22,24);1-3H,4H2;2-4,12H,10H2,1H3;1-2H3;1H3,(H,3,4);1,3H;1H4;;;;;/q;;;;;;;;;3*+1;-1/p-2/b;;;6-4-;;;;;;;;;. The Kier molecular flexibility index (Phi) is 55.0. The zero-order valence-corrected chi connectivity index (χ0v) is 68.1. The van der Waals surface area contributed by atoms with E-state index in [2.05, 4.69) is 109 Å². The Balaban J connectivity index is -0.000000286. The fraction of sp³-hybridized carbons (Fsp3) is 0.246. The SMILES string of the molecule is C.CC(=O)OOC(C)=O.CC(=O)[O-].COc1nc(/C(N)=C/O)ccc1Br.COc1nc(/C(N)=N/OCC(=O)c2ccc(C(F)(F)F)c(F)c2)ccc1Br.COc1nc(C2=NC(c3ccc(C(F)(F)F)c(F)c3)CON2)ccc1Br.O=C(CBr)c1ccc(C(F)(F)F)c(F)c1.O=CO[O-].[B].[H-].[K+].[K+].[Na+]. The average Bonchev–Trinajstić information content (AvgIpc) is 0.816. The number of ketones is 2. The van der Waals surface area contributed by atoms with Crippen LogP contribution < -0.4 is 174 Å². The van der Waals surface area contributed by atoms with Gasteiger partial charge in [-0.2, -0.15) is 39.5 Å². The van der Waals surface area contributed by atoms with E-state index in [0.29, 0.717) is 62.4 Å². The third kappa shape index (κ3) is 39.0. The number of aliphatic imine (C=N–C) groups is 1. The van der Waals surface area contributed by atoms with Gasteiger partial charge in [0.2, 0.25) is 23.4 Å². The molecule has 6 N–H and O–H groups in total. The number of nitrogens with one attached hydrogen (secondary N) is 1. The number of amidine groups is 2. The Morgan fingerprint density at radius 2 is 1.06 bits per heavy atom. The van der Waals surface area contributed by atoms with E-state index in [1.165, 1.54) is 33.5 Å². The smallest absolute Gasteiger partial charge is 1.00 e. The van der Waals surface area contributed by atoms with Gasteiger partial charge in [0, 0.05) is 39.4 Å². The third-order valence-electron chi connectivity index (χ3n) is 10.3. The Morgan fingerprint density at radius 1 is 0.676 bits per heavy atom. The van der Waals surface area contributed by atoms with Gasteiger partial charge in [0.25, 0.3) is 6.47 Å². The quantitative estimate of drug-likeness (QED) is 0.0114. The van der Waals surface area contributed by atoms with Gasteiger partial charge in [-0.15, -0.1) is 0 Å². The number of aliphatic carboxylic acids is 1. The van der Waals surface area contributed by atoms with Crippen molar-refractivity contribution in [2.45, 2.75) is 52.8 Å².